The Morgan fingerprint density at radius 1 is 1.21 bits per heavy atom. The fourth-order valence-electron chi connectivity index (χ4n) is 2.61. The van der Waals surface area contributed by atoms with Crippen LogP contribution in [0.4, 0.5) is 5.69 Å². The summed E-state index contributed by atoms with van der Waals surface area (Å²) in [7, 11) is 0. The van der Waals surface area contributed by atoms with Crippen molar-refractivity contribution < 1.29 is 4.79 Å². The van der Waals surface area contributed by atoms with E-state index in [0.29, 0.717) is 12.3 Å². The van der Waals surface area contributed by atoms with Gasteiger partial charge in [0.05, 0.1) is 0 Å². The van der Waals surface area contributed by atoms with Gasteiger partial charge in [0, 0.05) is 12.1 Å². The van der Waals surface area contributed by atoms with Crippen molar-refractivity contribution in [3.05, 3.63) is 29.3 Å². The fraction of sp³-hybridized carbons (Fsp3) is 0.533. The zero-order valence-electron chi connectivity index (χ0n) is 11.7. The fourth-order valence-corrected chi connectivity index (χ4v) is 2.61. The lowest BCUT2D eigenvalue weighted by Crippen LogP contribution is -2.30. The van der Waals surface area contributed by atoms with Crippen molar-refractivity contribution in [3.63, 3.8) is 0 Å². The third kappa shape index (κ3) is 5.21. The SMILES string of the molecule is Cc1cc(C)cc(NC(=O)CC2CCNCC2)c1.Cl. The maximum absolute atomic E-state index is 12.0. The lowest BCUT2D eigenvalue weighted by atomic mass is 9.94. The molecule has 1 aromatic rings. The van der Waals surface area contributed by atoms with Gasteiger partial charge in [0.1, 0.15) is 0 Å². The van der Waals surface area contributed by atoms with Crippen molar-refractivity contribution in [2.24, 2.45) is 5.92 Å². The van der Waals surface area contributed by atoms with Gasteiger partial charge in [-0.2, -0.15) is 0 Å². The molecule has 106 valence electrons. The molecule has 0 atom stereocenters. The summed E-state index contributed by atoms with van der Waals surface area (Å²) in [5.41, 5.74) is 3.30. The quantitative estimate of drug-likeness (QED) is 0.895. The van der Waals surface area contributed by atoms with Crippen LogP contribution in [-0.4, -0.2) is 19.0 Å². The van der Waals surface area contributed by atoms with Crippen molar-refractivity contribution in [3.8, 4) is 0 Å². The minimum atomic E-state index is 0. The number of anilines is 1. The molecule has 0 spiro atoms. The molecule has 1 aliphatic heterocycles. The van der Waals surface area contributed by atoms with Crippen LogP contribution in [-0.2, 0) is 4.79 Å². The number of piperidine rings is 1. The summed E-state index contributed by atoms with van der Waals surface area (Å²) < 4.78 is 0. The van der Waals surface area contributed by atoms with Crippen LogP contribution in [0.3, 0.4) is 0 Å². The maximum atomic E-state index is 12.0. The molecule has 3 nitrogen and oxygen atoms in total. The smallest absolute Gasteiger partial charge is 0.224 e. The third-order valence-corrected chi connectivity index (χ3v) is 3.44. The monoisotopic (exact) mass is 282 g/mol. The Morgan fingerprint density at radius 3 is 2.37 bits per heavy atom. The van der Waals surface area contributed by atoms with E-state index in [0.717, 1.165) is 31.6 Å². The molecule has 0 radical (unpaired) electrons. The van der Waals surface area contributed by atoms with Crippen molar-refractivity contribution in [1.82, 2.24) is 5.32 Å². The molecule has 1 saturated heterocycles. The highest BCUT2D eigenvalue weighted by atomic mass is 35.5. The van der Waals surface area contributed by atoms with Crippen molar-refractivity contribution in [1.29, 1.82) is 0 Å². The zero-order valence-corrected chi connectivity index (χ0v) is 12.5. The molecule has 1 aromatic carbocycles. The van der Waals surface area contributed by atoms with Crippen LogP contribution in [0, 0.1) is 19.8 Å². The zero-order chi connectivity index (χ0) is 13.0. The first kappa shape index (κ1) is 16.0. The number of carbonyl (C=O) groups excluding carboxylic acids is 1. The minimum Gasteiger partial charge on any atom is -0.326 e. The standard InChI is InChI=1S/C15H22N2O.ClH/c1-11-7-12(2)9-14(8-11)17-15(18)10-13-3-5-16-6-4-13;/h7-9,13,16H,3-6,10H2,1-2H3,(H,17,18);1H. The van der Waals surface area contributed by atoms with Gasteiger partial charge in [-0.15, -0.1) is 12.4 Å². The highest BCUT2D eigenvalue weighted by molar-refractivity contribution is 5.91. The lowest BCUT2D eigenvalue weighted by molar-refractivity contribution is -0.117. The molecule has 0 aromatic heterocycles. The van der Waals surface area contributed by atoms with Crippen molar-refractivity contribution >= 4 is 24.0 Å². The van der Waals surface area contributed by atoms with E-state index in [1.165, 1.54) is 11.1 Å². The molecule has 0 unspecified atom stereocenters. The number of rotatable bonds is 3. The largest absolute Gasteiger partial charge is 0.326 e. The molecule has 1 aliphatic rings. The Balaban J connectivity index is 0.00000180. The van der Waals surface area contributed by atoms with Crippen LogP contribution >= 0.6 is 12.4 Å². The molecule has 19 heavy (non-hydrogen) atoms. The molecule has 0 saturated carbocycles. The number of aryl methyl sites for hydroxylation is 2. The topological polar surface area (TPSA) is 41.1 Å². The van der Waals surface area contributed by atoms with Gasteiger partial charge in [-0.3, -0.25) is 4.79 Å². The number of amides is 1. The average Bonchev–Trinajstić information content (AvgIpc) is 2.28. The van der Waals surface area contributed by atoms with Crippen LogP contribution in [0.1, 0.15) is 30.4 Å². The highest BCUT2D eigenvalue weighted by Gasteiger charge is 2.16. The van der Waals surface area contributed by atoms with Gasteiger partial charge in [-0.1, -0.05) is 6.07 Å². The molecule has 2 rings (SSSR count). The summed E-state index contributed by atoms with van der Waals surface area (Å²) in [6.45, 7) is 6.19. The normalized spacial score (nSPS) is 15.7. The summed E-state index contributed by atoms with van der Waals surface area (Å²) in [6.07, 6.45) is 2.87. The Hall–Kier alpha value is -1.06. The van der Waals surface area contributed by atoms with Crippen molar-refractivity contribution in [2.75, 3.05) is 18.4 Å². The van der Waals surface area contributed by atoms with E-state index >= 15 is 0 Å². The molecular formula is C15H23ClN2O. The first-order valence-corrected chi connectivity index (χ1v) is 6.72. The highest BCUT2D eigenvalue weighted by Crippen LogP contribution is 2.18. The van der Waals surface area contributed by atoms with E-state index in [1.54, 1.807) is 0 Å². The van der Waals surface area contributed by atoms with Crippen LogP contribution in [0.15, 0.2) is 18.2 Å². The minimum absolute atomic E-state index is 0. The number of carbonyl (C=O) groups is 1. The molecule has 0 bridgehead atoms. The van der Waals surface area contributed by atoms with Crippen molar-refractivity contribution in [2.45, 2.75) is 33.1 Å². The Bertz CT molecular complexity index is 408. The van der Waals surface area contributed by atoms with E-state index in [2.05, 4.69) is 30.5 Å². The average molecular weight is 283 g/mol. The van der Waals surface area contributed by atoms with E-state index in [4.69, 9.17) is 0 Å². The lowest BCUT2D eigenvalue weighted by Gasteiger charge is -2.22. The molecule has 4 heteroatoms. The summed E-state index contributed by atoms with van der Waals surface area (Å²) in [5.74, 6) is 0.684. The van der Waals surface area contributed by atoms with Gasteiger partial charge in [0.25, 0.3) is 0 Å². The Morgan fingerprint density at radius 2 is 1.79 bits per heavy atom. The second kappa shape index (κ2) is 7.51. The second-order valence-corrected chi connectivity index (χ2v) is 5.32. The molecule has 2 N–H and O–H groups in total. The summed E-state index contributed by atoms with van der Waals surface area (Å²) >= 11 is 0. The van der Waals surface area contributed by atoms with Gasteiger partial charge in [-0.05, 0) is 69.0 Å². The van der Waals surface area contributed by atoms with Gasteiger partial charge in [0.2, 0.25) is 5.91 Å². The molecule has 1 amide bonds. The Labute approximate surface area is 121 Å². The van der Waals surface area contributed by atoms with Crippen LogP contribution < -0.4 is 10.6 Å². The van der Waals surface area contributed by atoms with Crippen LogP contribution in [0.25, 0.3) is 0 Å². The van der Waals surface area contributed by atoms with E-state index < -0.39 is 0 Å². The molecule has 1 heterocycles. The second-order valence-electron chi connectivity index (χ2n) is 5.32. The molecule has 0 aliphatic carbocycles. The summed E-state index contributed by atoms with van der Waals surface area (Å²) in [4.78, 5) is 12.0. The van der Waals surface area contributed by atoms with Gasteiger partial charge in [0.15, 0.2) is 0 Å². The molecule has 1 fully saturated rings. The Kier molecular flexibility index (Phi) is 6.32. The number of nitrogens with one attached hydrogen (secondary N) is 2. The number of hydrogen-bond acceptors (Lipinski definition) is 2. The van der Waals surface area contributed by atoms with Crippen LogP contribution in [0.5, 0.6) is 0 Å². The molecular weight excluding hydrogens is 260 g/mol. The van der Waals surface area contributed by atoms with E-state index in [9.17, 15) is 4.79 Å². The predicted molar refractivity (Wildman–Crippen MR) is 82.0 cm³/mol. The first-order chi connectivity index (χ1) is 8.63. The maximum Gasteiger partial charge on any atom is 0.224 e. The van der Waals surface area contributed by atoms with Gasteiger partial charge in [-0.25, -0.2) is 0 Å². The van der Waals surface area contributed by atoms with E-state index in [-0.39, 0.29) is 18.3 Å². The van der Waals surface area contributed by atoms with E-state index in [1.807, 2.05) is 12.1 Å². The summed E-state index contributed by atoms with van der Waals surface area (Å²) in [6, 6.07) is 6.16. The number of halogens is 1. The third-order valence-electron chi connectivity index (χ3n) is 3.44. The number of benzene rings is 1. The van der Waals surface area contributed by atoms with Gasteiger partial charge >= 0.3 is 0 Å². The first-order valence-electron chi connectivity index (χ1n) is 6.72. The predicted octanol–water partition coefficient (Wildman–Crippen LogP) is 3.05. The summed E-state index contributed by atoms with van der Waals surface area (Å²) in [5, 5.41) is 6.33. The van der Waals surface area contributed by atoms with Gasteiger partial charge < -0.3 is 10.6 Å². The number of hydrogen-bond donors (Lipinski definition) is 2. The van der Waals surface area contributed by atoms with Crippen LogP contribution in [0.2, 0.25) is 0 Å².